The molecular formula is C19H16O4. The number of carboxylic acids is 2. The van der Waals surface area contributed by atoms with Gasteiger partial charge in [0.15, 0.2) is 5.41 Å². The minimum atomic E-state index is -1.84. The molecule has 0 heterocycles. The molecule has 2 N–H and O–H groups in total. The molecule has 23 heavy (non-hydrogen) atoms. The Hall–Kier alpha value is -2.62. The van der Waals surface area contributed by atoms with E-state index >= 15 is 0 Å². The van der Waals surface area contributed by atoms with Crippen molar-refractivity contribution in [3.05, 3.63) is 70.8 Å². The van der Waals surface area contributed by atoms with Crippen molar-refractivity contribution in [1.82, 2.24) is 0 Å². The van der Waals surface area contributed by atoms with Gasteiger partial charge in [0.05, 0.1) is 0 Å². The van der Waals surface area contributed by atoms with Gasteiger partial charge in [-0.3, -0.25) is 9.59 Å². The van der Waals surface area contributed by atoms with Gasteiger partial charge in [0, 0.05) is 11.8 Å². The highest BCUT2D eigenvalue weighted by Crippen LogP contribution is 2.61. The highest BCUT2D eigenvalue weighted by Gasteiger charge is 2.69. The second-order valence-corrected chi connectivity index (χ2v) is 6.41. The van der Waals surface area contributed by atoms with Crippen LogP contribution in [0.2, 0.25) is 0 Å². The van der Waals surface area contributed by atoms with Crippen LogP contribution in [0.25, 0.3) is 0 Å². The van der Waals surface area contributed by atoms with Gasteiger partial charge in [-0.25, -0.2) is 0 Å². The molecule has 1 atom stereocenters. The second-order valence-electron chi connectivity index (χ2n) is 6.41. The van der Waals surface area contributed by atoms with Crippen LogP contribution in [0.15, 0.2) is 48.5 Å². The summed E-state index contributed by atoms with van der Waals surface area (Å²) in [6.45, 7) is 0. The highest BCUT2D eigenvalue weighted by molar-refractivity contribution is 6.03. The third-order valence-corrected chi connectivity index (χ3v) is 5.64. The summed E-state index contributed by atoms with van der Waals surface area (Å²) in [6, 6.07) is 15.1. The lowest BCUT2D eigenvalue weighted by Crippen LogP contribution is -2.53. The molecule has 0 aromatic heterocycles. The Labute approximate surface area is 133 Å². The largest absolute Gasteiger partial charge is 0.480 e. The van der Waals surface area contributed by atoms with Crippen molar-refractivity contribution in [3.8, 4) is 0 Å². The van der Waals surface area contributed by atoms with Gasteiger partial charge in [0.1, 0.15) is 0 Å². The smallest absolute Gasteiger partial charge is 0.322 e. The lowest BCUT2D eigenvalue weighted by molar-refractivity contribution is -0.168. The number of aliphatic carboxylic acids is 2. The molecule has 2 aliphatic rings. The normalized spacial score (nSPS) is 23.5. The Morgan fingerprint density at radius 1 is 0.826 bits per heavy atom. The number of aryl methyl sites for hydroxylation is 1. The summed E-state index contributed by atoms with van der Waals surface area (Å²) in [5.41, 5.74) is 0.760. The van der Waals surface area contributed by atoms with Crippen molar-refractivity contribution < 1.29 is 19.8 Å². The number of hydrogen-bond donors (Lipinski definition) is 2. The Morgan fingerprint density at radius 2 is 1.35 bits per heavy atom. The molecule has 0 amide bonds. The Balaban J connectivity index is 2.12. The van der Waals surface area contributed by atoms with Gasteiger partial charge in [0.2, 0.25) is 0 Å². The van der Waals surface area contributed by atoms with Gasteiger partial charge in [-0.05, 0) is 35.1 Å². The van der Waals surface area contributed by atoms with Crippen molar-refractivity contribution in [2.45, 2.75) is 24.7 Å². The molecular weight excluding hydrogens is 292 g/mol. The monoisotopic (exact) mass is 308 g/mol. The predicted octanol–water partition coefficient (Wildman–Crippen LogP) is 2.63. The average molecular weight is 308 g/mol. The minimum absolute atomic E-state index is 0.0299. The summed E-state index contributed by atoms with van der Waals surface area (Å²) in [5, 5.41) is 20.0. The molecule has 1 spiro atoms. The highest BCUT2D eigenvalue weighted by atomic mass is 16.4. The Kier molecular flexibility index (Phi) is 2.71. The fraction of sp³-hybridized carbons (Fsp3) is 0.263. The van der Waals surface area contributed by atoms with Gasteiger partial charge in [-0.1, -0.05) is 48.5 Å². The molecule has 1 unspecified atom stereocenters. The maximum Gasteiger partial charge on any atom is 0.322 e. The SMILES string of the molecule is O=C(O)C1(C(=O)O)Cc2ccccc2C12CCc1ccccc12. The molecule has 0 fully saturated rings. The van der Waals surface area contributed by atoms with Gasteiger partial charge in [0.25, 0.3) is 0 Å². The first-order chi connectivity index (χ1) is 11.0. The van der Waals surface area contributed by atoms with Crippen molar-refractivity contribution >= 4 is 11.9 Å². The zero-order chi connectivity index (χ0) is 16.2. The number of hydrogen-bond acceptors (Lipinski definition) is 2. The molecule has 0 radical (unpaired) electrons. The maximum atomic E-state index is 12.2. The van der Waals surface area contributed by atoms with Gasteiger partial charge in [-0.2, -0.15) is 0 Å². The van der Waals surface area contributed by atoms with Gasteiger partial charge >= 0.3 is 11.9 Å². The number of carboxylic acid groups (broad SMARTS) is 2. The number of fused-ring (bicyclic) bond motifs is 4. The van der Waals surface area contributed by atoms with Crippen LogP contribution >= 0.6 is 0 Å². The molecule has 2 aromatic rings. The van der Waals surface area contributed by atoms with E-state index in [-0.39, 0.29) is 6.42 Å². The average Bonchev–Trinajstić information content (AvgIpc) is 3.07. The molecule has 4 heteroatoms. The summed E-state index contributed by atoms with van der Waals surface area (Å²) in [6.07, 6.45) is 1.25. The van der Waals surface area contributed by atoms with Crippen LogP contribution in [0.4, 0.5) is 0 Å². The van der Waals surface area contributed by atoms with E-state index in [4.69, 9.17) is 0 Å². The van der Waals surface area contributed by atoms with E-state index in [0.29, 0.717) is 12.8 Å². The number of rotatable bonds is 2. The van der Waals surface area contributed by atoms with Crippen molar-refractivity contribution in [3.63, 3.8) is 0 Å². The lowest BCUT2D eigenvalue weighted by Gasteiger charge is -2.38. The van der Waals surface area contributed by atoms with Crippen molar-refractivity contribution in [2.24, 2.45) is 5.41 Å². The summed E-state index contributed by atoms with van der Waals surface area (Å²) >= 11 is 0. The number of benzene rings is 2. The summed E-state index contributed by atoms with van der Waals surface area (Å²) in [4.78, 5) is 24.4. The molecule has 116 valence electrons. The topological polar surface area (TPSA) is 74.6 Å². The molecule has 0 bridgehead atoms. The van der Waals surface area contributed by atoms with E-state index in [1.165, 1.54) is 0 Å². The minimum Gasteiger partial charge on any atom is -0.480 e. The maximum absolute atomic E-state index is 12.2. The van der Waals surface area contributed by atoms with E-state index in [1.54, 1.807) is 0 Å². The molecule has 0 saturated carbocycles. The summed E-state index contributed by atoms with van der Waals surface area (Å²) in [7, 11) is 0. The third kappa shape index (κ3) is 1.46. The predicted molar refractivity (Wildman–Crippen MR) is 83.4 cm³/mol. The molecule has 0 aliphatic heterocycles. The molecule has 4 nitrogen and oxygen atoms in total. The fourth-order valence-electron chi connectivity index (χ4n) is 4.70. The van der Waals surface area contributed by atoms with E-state index in [0.717, 1.165) is 22.3 Å². The Bertz CT molecular complexity index is 812. The van der Waals surface area contributed by atoms with E-state index in [9.17, 15) is 19.8 Å². The zero-order valence-electron chi connectivity index (χ0n) is 12.5. The Morgan fingerprint density at radius 3 is 1.96 bits per heavy atom. The summed E-state index contributed by atoms with van der Waals surface area (Å²) < 4.78 is 0. The van der Waals surface area contributed by atoms with Gasteiger partial charge < -0.3 is 10.2 Å². The van der Waals surface area contributed by atoms with Crippen LogP contribution in [-0.4, -0.2) is 22.2 Å². The molecule has 2 aromatic carbocycles. The zero-order valence-corrected chi connectivity index (χ0v) is 12.5. The van der Waals surface area contributed by atoms with E-state index < -0.39 is 22.8 Å². The van der Waals surface area contributed by atoms with Crippen LogP contribution < -0.4 is 0 Å². The van der Waals surface area contributed by atoms with Crippen molar-refractivity contribution in [2.75, 3.05) is 0 Å². The fourth-order valence-corrected chi connectivity index (χ4v) is 4.70. The number of carbonyl (C=O) groups is 2. The standard InChI is InChI=1S/C19H16O4/c20-16(21)19(17(22)23)11-13-6-2-4-8-15(13)18(19)10-9-12-5-1-3-7-14(12)18/h1-8H,9-11H2,(H,20,21)(H,22,23). The van der Waals surface area contributed by atoms with Crippen LogP contribution in [-0.2, 0) is 27.8 Å². The lowest BCUT2D eigenvalue weighted by atomic mass is 9.60. The van der Waals surface area contributed by atoms with Crippen LogP contribution in [0.1, 0.15) is 28.7 Å². The van der Waals surface area contributed by atoms with Gasteiger partial charge in [-0.15, -0.1) is 0 Å². The molecule has 0 saturated heterocycles. The third-order valence-electron chi connectivity index (χ3n) is 5.64. The first kappa shape index (κ1) is 14.0. The van der Waals surface area contributed by atoms with Crippen molar-refractivity contribution in [1.29, 1.82) is 0 Å². The van der Waals surface area contributed by atoms with Crippen LogP contribution in [0.5, 0.6) is 0 Å². The van der Waals surface area contributed by atoms with E-state index in [1.807, 2.05) is 48.5 Å². The molecule has 4 rings (SSSR count). The van der Waals surface area contributed by atoms with Crippen LogP contribution in [0.3, 0.4) is 0 Å². The first-order valence-corrected chi connectivity index (χ1v) is 7.67. The van der Waals surface area contributed by atoms with Crippen LogP contribution in [0, 0.1) is 5.41 Å². The van der Waals surface area contributed by atoms with E-state index in [2.05, 4.69) is 0 Å². The summed E-state index contributed by atoms with van der Waals surface area (Å²) in [5.74, 6) is -2.50. The second kappa shape index (κ2) is 4.44. The first-order valence-electron chi connectivity index (χ1n) is 7.67. The quantitative estimate of drug-likeness (QED) is 0.836. The molecule has 2 aliphatic carbocycles.